The first-order valence-corrected chi connectivity index (χ1v) is 4.75. The van der Waals surface area contributed by atoms with Gasteiger partial charge in [-0.1, -0.05) is 42.5 Å². The van der Waals surface area contributed by atoms with E-state index in [1.54, 1.807) is 0 Å². The molecule has 0 radical (unpaired) electrons. The van der Waals surface area contributed by atoms with Crippen LogP contribution in [0.1, 0.15) is 17.2 Å². The number of rotatable bonds is 1. The van der Waals surface area contributed by atoms with Crippen LogP contribution in [0.2, 0.25) is 0 Å². The summed E-state index contributed by atoms with van der Waals surface area (Å²) in [4.78, 5) is 0. The molecule has 1 nitrogen and oxygen atoms in total. The molecule has 1 unspecified atom stereocenters. The van der Waals surface area contributed by atoms with Gasteiger partial charge in [-0.05, 0) is 23.3 Å². The third-order valence-electron chi connectivity index (χ3n) is 2.54. The number of hydrogen-bond acceptors (Lipinski definition) is 1. The molecule has 2 aliphatic heterocycles. The van der Waals surface area contributed by atoms with E-state index in [1.807, 2.05) is 30.3 Å². The number of fused-ring (bicyclic) bond motifs is 3. The lowest BCUT2D eigenvalue weighted by atomic mass is 9.99. The first-order chi connectivity index (χ1) is 6.93. The highest BCUT2D eigenvalue weighted by molar-refractivity contribution is 5.39. The Hall–Kier alpha value is -1.76. The van der Waals surface area contributed by atoms with Gasteiger partial charge in [0.1, 0.15) is 11.9 Å². The van der Waals surface area contributed by atoms with Gasteiger partial charge in [0.25, 0.3) is 0 Å². The lowest BCUT2D eigenvalue weighted by molar-refractivity contribution is 0.237. The Morgan fingerprint density at radius 1 is 0.714 bits per heavy atom. The van der Waals surface area contributed by atoms with E-state index in [-0.39, 0.29) is 6.10 Å². The van der Waals surface area contributed by atoms with Crippen molar-refractivity contribution in [1.82, 2.24) is 0 Å². The second-order valence-electron chi connectivity index (χ2n) is 3.48. The van der Waals surface area contributed by atoms with Crippen molar-refractivity contribution in [2.45, 2.75) is 6.10 Å². The van der Waals surface area contributed by atoms with Crippen LogP contribution in [0.4, 0.5) is 0 Å². The lowest BCUT2D eigenvalue weighted by Crippen LogP contribution is -2.13. The normalized spacial score (nSPS) is 17.9. The third-order valence-corrected chi connectivity index (χ3v) is 2.54. The largest absolute Gasteiger partial charge is 0.481 e. The number of hydrogen-bond donors (Lipinski definition) is 0. The summed E-state index contributed by atoms with van der Waals surface area (Å²) in [5.74, 6) is 0.953. The standard InChI is InChI=1S/C13H10O/c1-2-4-10(5-3-1)13-11-6-8-12(14-13)9-7-11/h1-9,13H. The van der Waals surface area contributed by atoms with Gasteiger partial charge in [-0.15, -0.1) is 0 Å². The van der Waals surface area contributed by atoms with Crippen LogP contribution in [0.15, 0.2) is 54.6 Å². The van der Waals surface area contributed by atoms with Crippen molar-refractivity contribution >= 4 is 0 Å². The van der Waals surface area contributed by atoms with E-state index in [2.05, 4.69) is 24.3 Å². The fourth-order valence-electron chi connectivity index (χ4n) is 1.81. The van der Waals surface area contributed by atoms with Crippen LogP contribution in [0.25, 0.3) is 0 Å². The Morgan fingerprint density at radius 2 is 1.36 bits per heavy atom. The summed E-state index contributed by atoms with van der Waals surface area (Å²) in [6.07, 6.45) is 0.0983. The lowest BCUT2D eigenvalue weighted by Gasteiger charge is -2.24. The summed E-state index contributed by atoms with van der Waals surface area (Å²) in [6, 6.07) is 18.6. The molecule has 14 heavy (non-hydrogen) atoms. The van der Waals surface area contributed by atoms with E-state index in [4.69, 9.17) is 4.74 Å². The summed E-state index contributed by atoms with van der Waals surface area (Å²) in [6.45, 7) is 0. The molecule has 0 saturated heterocycles. The van der Waals surface area contributed by atoms with Gasteiger partial charge in [-0.3, -0.25) is 0 Å². The second kappa shape index (κ2) is 2.88. The van der Waals surface area contributed by atoms with Gasteiger partial charge in [0.15, 0.2) is 0 Å². The van der Waals surface area contributed by atoms with Crippen molar-refractivity contribution in [2.75, 3.05) is 0 Å². The molecule has 0 spiro atoms. The minimum Gasteiger partial charge on any atom is -0.481 e. The van der Waals surface area contributed by atoms with Crippen LogP contribution in [0.5, 0.6) is 5.75 Å². The zero-order chi connectivity index (χ0) is 9.38. The van der Waals surface area contributed by atoms with Crippen LogP contribution in [0, 0.1) is 0 Å². The fourth-order valence-corrected chi connectivity index (χ4v) is 1.81. The molecule has 2 bridgehead atoms. The second-order valence-corrected chi connectivity index (χ2v) is 3.48. The highest BCUT2D eigenvalue weighted by Gasteiger charge is 2.19. The van der Waals surface area contributed by atoms with E-state index in [1.165, 1.54) is 11.1 Å². The molecule has 0 fully saturated rings. The maximum absolute atomic E-state index is 5.78. The highest BCUT2D eigenvalue weighted by Crippen LogP contribution is 2.33. The molecular formula is C13H10O. The zero-order valence-electron chi connectivity index (χ0n) is 7.68. The minimum atomic E-state index is 0.0983. The van der Waals surface area contributed by atoms with E-state index in [9.17, 15) is 0 Å². The Balaban J connectivity index is 2.05. The third kappa shape index (κ3) is 1.10. The van der Waals surface area contributed by atoms with Gasteiger partial charge >= 0.3 is 0 Å². The smallest absolute Gasteiger partial charge is 0.149 e. The van der Waals surface area contributed by atoms with Gasteiger partial charge < -0.3 is 4.74 Å². The average molecular weight is 182 g/mol. The summed E-state index contributed by atoms with van der Waals surface area (Å²) in [5, 5.41) is 0. The molecule has 2 aromatic carbocycles. The highest BCUT2D eigenvalue weighted by atomic mass is 16.5. The Kier molecular flexibility index (Phi) is 1.57. The zero-order valence-corrected chi connectivity index (χ0v) is 7.68. The number of ether oxygens (including phenoxy) is 1. The van der Waals surface area contributed by atoms with Gasteiger partial charge in [0.05, 0.1) is 0 Å². The van der Waals surface area contributed by atoms with Crippen molar-refractivity contribution in [3.8, 4) is 5.75 Å². The molecule has 1 atom stereocenters. The Morgan fingerprint density at radius 3 is 1.93 bits per heavy atom. The predicted molar refractivity (Wildman–Crippen MR) is 55.4 cm³/mol. The predicted octanol–water partition coefficient (Wildman–Crippen LogP) is 3.17. The molecular weight excluding hydrogens is 172 g/mol. The van der Waals surface area contributed by atoms with Crippen LogP contribution in [-0.2, 0) is 0 Å². The monoisotopic (exact) mass is 182 g/mol. The molecule has 0 N–H and O–H groups in total. The van der Waals surface area contributed by atoms with Crippen LogP contribution < -0.4 is 4.74 Å². The van der Waals surface area contributed by atoms with Gasteiger partial charge in [0.2, 0.25) is 0 Å². The van der Waals surface area contributed by atoms with E-state index < -0.39 is 0 Å². The molecule has 2 aliphatic rings. The van der Waals surface area contributed by atoms with Crippen LogP contribution in [-0.4, -0.2) is 0 Å². The van der Waals surface area contributed by atoms with Crippen LogP contribution in [0.3, 0.4) is 0 Å². The van der Waals surface area contributed by atoms with E-state index in [0.717, 1.165) is 5.75 Å². The Bertz CT molecular complexity index is 431. The molecule has 1 heteroatoms. The summed E-state index contributed by atoms with van der Waals surface area (Å²) < 4.78 is 5.78. The topological polar surface area (TPSA) is 9.23 Å². The molecule has 2 aromatic rings. The maximum Gasteiger partial charge on any atom is 0.149 e. The molecule has 0 saturated carbocycles. The fraction of sp³-hybridized carbons (Fsp3) is 0.0769. The average Bonchev–Trinajstić information content (AvgIpc) is 2.32. The molecule has 0 aromatic heterocycles. The first-order valence-electron chi connectivity index (χ1n) is 4.75. The summed E-state index contributed by atoms with van der Waals surface area (Å²) in [7, 11) is 0. The molecule has 0 amide bonds. The molecule has 68 valence electrons. The first kappa shape index (κ1) is 7.63. The van der Waals surface area contributed by atoms with Crippen molar-refractivity contribution in [3.05, 3.63) is 65.7 Å². The van der Waals surface area contributed by atoms with Gasteiger partial charge in [0, 0.05) is 0 Å². The van der Waals surface area contributed by atoms with Crippen molar-refractivity contribution in [1.29, 1.82) is 0 Å². The summed E-state index contributed by atoms with van der Waals surface area (Å²) in [5.41, 5.74) is 2.44. The number of benzene rings is 2. The van der Waals surface area contributed by atoms with Gasteiger partial charge in [-0.25, -0.2) is 0 Å². The van der Waals surface area contributed by atoms with E-state index >= 15 is 0 Å². The van der Waals surface area contributed by atoms with Crippen molar-refractivity contribution < 1.29 is 4.74 Å². The maximum atomic E-state index is 5.78. The molecule has 4 rings (SSSR count). The van der Waals surface area contributed by atoms with Crippen molar-refractivity contribution in [3.63, 3.8) is 0 Å². The quantitative estimate of drug-likeness (QED) is 0.658. The summed E-state index contributed by atoms with van der Waals surface area (Å²) >= 11 is 0. The van der Waals surface area contributed by atoms with E-state index in [0.29, 0.717) is 0 Å². The van der Waals surface area contributed by atoms with Crippen LogP contribution >= 0.6 is 0 Å². The molecule has 2 heterocycles. The Labute approximate surface area is 83.0 Å². The molecule has 0 aliphatic carbocycles. The van der Waals surface area contributed by atoms with Crippen molar-refractivity contribution in [2.24, 2.45) is 0 Å². The van der Waals surface area contributed by atoms with Gasteiger partial charge in [-0.2, -0.15) is 0 Å². The minimum absolute atomic E-state index is 0.0983. The SMILES string of the molecule is c1ccc(C2Oc3ccc2cc3)cc1.